The third-order valence-electron chi connectivity index (χ3n) is 1.69. The van der Waals surface area contributed by atoms with E-state index in [1.807, 2.05) is 14.1 Å². The number of aliphatic hydroxyl groups excluding tert-OH is 1. The van der Waals surface area contributed by atoms with Gasteiger partial charge < -0.3 is 15.1 Å². The minimum absolute atomic E-state index is 0.390. The summed E-state index contributed by atoms with van der Waals surface area (Å²) in [6.07, 6.45) is -1.47. The number of aryl methyl sites for hydroxylation is 1. The summed E-state index contributed by atoms with van der Waals surface area (Å²) in [4.78, 5) is 16.8. The molecule has 0 bridgehead atoms. The molecule has 6 heteroatoms. The lowest BCUT2D eigenvalue weighted by Gasteiger charge is -2.05. The Kier molecular flexibility index (Phi) is 3.07. The summed E-state index contributed by atoms with van der Waals surface area (Å²) in [5.41, 5.74) is 0.564. The van der Waals surface area contributed by atoms with E-state index in [1.165, 1.54) is 11.3 Å². The van der Waals surface area contributed by atoms with Crippen LogP contribution in [0.5, 0.6) is 0 Å². The molecule has 5 nitrogen and oxygen atoms in total. The lowest BCUT2D eigenvalue weighted by atomic mass is 10.2. The van der Waals surface area contributed by atoms with Crippen molar-refractivity contribution in [1.82, 2.24) is 4.98 Å². The number of aliphatic hydroxyl groups is 1. The van der Waals surface area contributed by atoms with Gasteiger partial charge in [-0.2, -0.15) is 0 Å². The van der Waals surface area contributed by atoms with Crippen molar-refractivity contribution in [1.29, 1.82) is 0 Å². The summed E-state index contributed by atoms with van der Waals surface area (Å²) in [6.45, 7) is 1.69. The molecule has 1 atom stereocenters. The third-order valence-corrected chi connectivity index (χ3v) is 3.06. The van der Waals surface area contributed by atoms with E-state index in [4.69, 9.17) is 5.11 Å². The molecule has 0 aliphatic heterocycles. The molecule has 0 saturated heterocycles. The van der Waals surface area contributed by atoms with E-state index < -0.39 is 12.1 Å². The zero-order valence-corrected chi connectivity index (χ0v) is 9.00. The lowest BCUT2D eigenvalue weighted by Crippen LogP contribution is -2.09. The van der Waals surface area contributed by atoms with Gasteiger partial charge in [0.1, 0.15) is 0 Å². The second-order valence-corrected chi connectivity index (χ2v) is 4.09. The molecule has 1 aromatic heterocycles. The summed E-state index contributed by atoms with van der Waals surface area (Å²) in [5.74, 6) is -1.25. The smallest absolute Gasteiger partial charge is 0.338 e. The van der Waals surface area contributed by atoms with Crippen molar-refractivity contribution in [3.05, 3.63) is 10.6 Å². The number of hydrogen-bond donors (Lipinski definition) is 2. The summed E-state index contributed by atoms with van der Waals surface area (Å²) < 4.78 is 0. The Balaban J connectivity index is 3.04. The summed E-state index contributed by atoms with van der Waals surface area (Å²) >= 11 is 1.19. The molecule has 0 aliphatic rings. The molecule has 1 rings (SSSR count). The number of anilines is 1. The van der Waals surface area contributed by atoms with Crippen LogP contribution in [0.25, 0.3) is 0 Å². The van der Waals surface area contributed by atoms with Crippen LogP contribution in [0.4, 0.5) is 5.13 Å². The van der Waals surface area contributed by atoms with E-state index in [-0.39, 0.29) is 0 Å². The van der Waals surface area contributed by atoms with E-state index in [2.05, 4.69) is 4.98 Å². The van der Waals surface area contributed by atoms with Crippen LogP contribution in [0.2, 0.25) is 0 Å². The average molecular weight is 216 g/mol. The Morgan fingerprint density at radius 1 is 1.57 bits per heavy atom. The minimum Gasteiger partial charge on any atom is -0.479 e. The molecule has 0 fully saturated rings. The molecule has 14 heavy (non-hydrogen) atoms. The van der Waals surface area contributed by atoms with Gasteiger partial charge >= 0.3 is 5.97 Å². The zero-order chi connectivity index (χ0) is 10.9. The Bertz CT molecular complexity index is 348. The van der Waals surface area contributed by atoms with E-state index >= 15 is 0 Å². The van der Waals surface area contributed by atoms with Crippen molar-refractivity contribution in [2.24, 2.45) is 0 Å². The first-order valence-corrected chi connectivity index (χ1v) is 4.80. The molecule has 0 aromatic carbocycles. The number of carboxylic acid groups (broad SMARTS) is 1. The Morgan fingerprint density at radius 3 is 2.50 bits per heavy atom. The van der Waals surface area contributed by atoms with Gasteiger partial charge in [0.05, 0.1) is 10.6 Å². The molecule has 1 heterocycles. The summed E-state index contributed by atoms with van der Waals surface area (Å²) in [5, 5.41) is 18.6. The van der Waals surface area contributed by atoms with Crippen LogP contribution in [0.15, 0.2) is 0 Å². The maximum absolute atomic E-state index is 10.5. The maximum atomic E-state index is 10.5. The molecule has 1 unspecified atom stereocenters. The molecule has 1 aromatic rings. The van der Waals surface area contributed by atoms with Crippen molar-refractivity contribution in [2.75, 3.05) is 19.0 Å². The van der Waals surface area contributed by atoms with Crippen molar-refractivity contribution >= 4 is 22.4 Å². The topological polar surface area (TPSA) is 73.7 Å². The minimum atomic E-state index is -1.47. The van der Waals surface area contributed by atoms with Gasteiger partial charge in [0.15, 0.2) is 11.2 Å². The van der Waals surface area contributed by atoms with Crippen molar-refractivity contribution < 1.29 is 15.0 Å². The molecule has 0 radical (unpaired) electrons. The van der Waals surface area contributed by atoms with Gasteiger partial charge in [0, 0.05) is 14.1 Å². The van der Waals surface area contributed by atoms with Crippen LogP contribution in [0, 0.1) is 6.92 Å². The first kappa shape index (κ1) is 10.9. The zero-order valence-electron chi connectivity index (χ0n) is 8.18. The van der Waals surface area contributed by atoms with Gasteiger partial charge in [-0.05, 0) is 6.92 Å². The Morgan fingerprint density at radius 2 is 2.14 bits per heavy atom. The molecule has 0 amide bonds. The van der Waals surface area contributed by atoms with Gasteiger partial charge in [0.2, 0.25) is 0 Å². The quantitative estimate of drug-likeness (QED) is 0.775. The molecular weight excluding hydrogens is 204 g/mol. The number of aliphatic carboxylic acids is 1. The van der Waals surface area contributed by atoms with Gasteiger partial charge in [0.25, 0.3) is 0 Å². The van der Waals surface area contributed by atoms with Gasteiger partial charge in [-0.1, -0.05) is 11.3 Å². The van der Waals surface area contributed by atoms with Crippen molar-refractivity contribution in [2.45, 2.75) is 13.0 Å². The molecule has 2 N–H and O–H groups in total. The molecule has 0 spiro atoms. The normalized spacial score (nSPS) is 12.6. The summed E-state index contributed by atoms with van der Waals surface area (Å²) in [6, 6.07) is 0. The predicted molar refractivity (Wildman–Crippen MR) is 53.8 cm³/mol. The highest BCUT2D eigenvalue weighted by molar-refractivity contribution is 7.15. The second kappa shape index (κ2) is 3.93. The Hall–Kier alpha value is -1.14. The SMILES string of the molecule is Cc1nc(N(C)C)sc1C(O)C(=O)O. The van der Waals surface area contributed by atoms with Gasteiger partial charge in [-0.3, -0.25) is 0 Å². The van der Waals surface area contributed by atoms with Gasteiger partial charge in [-0.25, -0.2) is 9.78 Å². The predicted octanol–water partition coefficient (Wildman–Crippen LogP) is 0.636. The lowest BCUT2D eigenvalue weighted by molar-refractivity contribution is -0.146. The fraction of sp³-hybridized carbons (Fsp3) is 0.500. The fourth-order valence-electron chi connectivity index (χ4n) is 0.951. The van der Waals surface area contributed by atoms with Crippen LogP contribution in [-0.2, 0) is 4.79 Å². The van der Waals surface area contributed by atoms with Crippen molar-refractivity contribution in [3.63, 3.8) is 0 Å². The monoisotopic (exact) mass is 216 g/mol. The van der Waals surface area contributed by atoms with Crippen molar-refractivity contribution in [3.8, 4) is 0 Å². The average Bonchev–Trinajstić information content (AvgIpc) is 2.46. The Labute approximate surface area is 85.6 Å². The highest BCUT2D eigenvalue weighted by atomic mass is 32.1. The largest absolute Gasteiger partial charge is 0.479 e. The fourth-order valence-corrected chi connectivity index (χ4v) is 1.92. The van der Waals surface area contributed by atoms with Gasteiger partial charge in [-0.15, -0.1) is 0 Å². The van der Waals surface area contributed by atoms with Crippen LogP contribution in [0.1, 0.15) is 16.7 Å². The number of rotatable bonds is 3. The van der Waals surface area contributed by atoms with E-state index in [0.29, 0.717) is 15.7 Å². The number of aromatic nitrogens is 1. The highest BCUT2D eigenvalue weighted by Crippen LogP contribution is 2.29. The number of carbonyl (C=O) groups is 1. The molecule has 0 aliphatic carbocycles. The number of nitrogens with zero attached hydrogens (tertiary/aromatic N) is 2. The highest BCUT2D eigenvalue weighted by Gasteiger charge is 2.22. The summed E-state index contributed by atoms with van der Waals surface area (Å²) in [7, 11) is 3.63. The number of thiazole rings is 1. The molecule has 78 valence electrons. The first-order chi connectivity index (χ1) is 6.43. The first-order valence-electron chi connectivity index (χ1n) is 3.99. The van der Waals surface area contributed by atoms with Crippen LogP contribution in [-0.4, -0.2) is 35.3 Å². The standard InChI is InChI=1S/C8H12N2O3S/c1-4-6(5(11)7(12)13)14-8(9-4)10(2)3/h5,11H,1-3H3,(H,12,13). The molecular formula is C8H12N2O3S. The second-order valence-electron chi connectivity index (χ2n) is 3.08. The van der Waals surface area contributed by atoms with Crippen LogP contribution < -0.4 is 4.90 Å². The number of hydrogen-bond acceptors (Lipinski definition) is 5. The third kappa shape index (κ3) is 2.02. The van der Waals surface area contributed by atoms with Crippen LogP contribution in [0.3, 0.4) is 0 Å². The van der Waals surface area contributed by atoms with E-state index in [1.54, 1.807) is 11.8 Å². The molecule has 0 saturated carbocycles. The van der Waals surface area contributed by atoms with E-state index in [0.717, 1.165) is 0 Å². The number of carboxylic acids is 1. The maximum Gasteiger partial charge on any atom is 0.338 e. The van der Waals surface area contributed by atoms with Crippen LogP contribution >= 0.6 is 11.3 Å². The van der Waals surface area contributed by atoms with E-state index in [9.17, 15) is 9.90 Å².